The van der Waals surface area contributed by atoms with Crippen LogP contribution in [0.15, 0.2) is 24.3 Å². The van der Waals surface area contributed by atoms with Gasteiger partial charge in [-0.05, 0) is 50.9 Å². The maximum Gasteiger partial charge on any atom is 0.350 e. The first-order valence-corrected chi connectivity index (χ1v) is 7.90. The maximum absolute atomic E-state index is 14.4. The van der Waals surface area contributed by atoms with E-state index in [4.69, 9.17) is 11.6 Å². The van der Waals surface area contributed by atoms with Crippen LogP contribution in [-0.4, -0.2) is 37.5 Å². The highest BCUT2D eigenvalue weighted by atomic mass is 35.5. The summed E-state index contributed by atoms with van der Waals surface area (Å²) in [5.74, 6) is -4.15. The SMILES string of the molecule is CNCCC1CCN(C(=O)C(F)(F)c2cccc(Cl)c2)CC1.Cl. The van der Waals surface area contributed by atoms with E-state index in [0.29, 0.717) is 19.0 Å². The number of hydrogen-bond acceptors (Lipinski definition) is 2. The lowest BCUT2D eigenvalue weighted by atomic mass is 9.93. The van der Waals surface area contributed by atoms with Gasteiger partial charge in [0.05, 0.1) is 0 Å². The molecule has 1 aliphatic heterocycles. The Hall–Kier alpha value is -0.910. The summed E-state index contributed by atoms with van der Waals surface area (Å²) >= 11 is 5.74. The van der Waals surface area contributed by atoms with E-state index in [1.165, 1.54) is 23.1 Å². The topological polar surface area (TPSA) is 32.3 Å². The third-order valence-corrected chi connectivity index (χ3v) is 4.40. The highest BCUT2D eigenvalue weighted by Crippen LogP contribution is 2.33. The number of piperidine rings is 1. The van der Waals surface area contributed by atoms with Gasteiger partial charge in [-0.1, -0.05) is 23.7 Å². The van der Waals surface area contributed by atoms with Crippen LogP contribution in [0.2, 0.25) is 5.02 Å². The zero-order chi connectivity index (χ0) is 16.2. The third-order valence-electron chi connectivity index (χ3n) is 4.16. The van der Waals surface area contributed by atoms with Crippen LogP contribution in [0.4, 0.5) is 8.78 Å². The second-order valence-corrected chi connectivity index (χ2v) is 6.15. The molecule has 0 unspecified atom stereocenters. The summed E-state index contributed by atoms with van der Waals surface area (Å²) in [6.45, 7) is 1.70. The summed E-state index contributed by atoms with van der Waals surface area (Å²) in [6, 6.07) is 5.34. The number of carbonyl (C=O) groups excluding carboxylic acids is 1. The quantitative estimate of drug-likeness (QED) is 0.861. The number of nitrogens with one attached hydrogen (secondary N) is 1. The lowest BCUT2D eigenvalue weighted by Crippen LogP contribution is -2.46. The molecule has 0 aliphatic carbocycles. The van der Waals surface area contributed by atoms with Crippen molar-refractivity contribution in [3.05, 3.63) is 34.9 Å². The summed E-state index contributed by atoms with van der Waals surface area (Å²) in [4.78, 5) is 13.4. The number of carbonyl (C=O) groups is 1. The van der Waals surface area contributed by atoms with Crippen molar-refractivity contribution in [1.82, 2.24) is 10.2 Å². The Morgan fingerprint density at radius 1 is 1.39 bits per heavy atom. The molecule has 1 aromatic rings. The molecule has 0 saturated carbocycles. The predicted octanol–water partition coefficient (Wildman–Crippen LogP) is 3.70. The molecule has 0 bridgehead atoms. The Morgan fingerprint density at radius 3 is 2.61 bits per heavy atom. The number of benzene rings is 1. The molecular weight excluding hydrogens is 345 g/mol. The van der Waals surface area contributed by atoms with Crippen molar-refractivity contribution in [3.63, 3.8) is 0 Å². The number of halogens is 4. The number of amides is 1. The van der Waals surface area contributed by atoms with E-state index >= 15 is 0 Å². The Kier molecular flexibility index (Phi) is 7.71. The van der Waals surface area contributed by atoms with Crippen LogP contribution >= 0.6 is 24.0 Å². The highest BCUT2D eigenvalue weighted by molar-refractivity contribution is 6.30. The number of likely N-dealkylation sites (tertiary alicyclic amines) is 1. The van der Waals surface area contributed by atoms with Crippen LogP contribution in [-0.2, 0) is 10.7 Å². The molecule has 1 N–H and O–H groups in total. The van der Waals surface area contributed by atoms with Gasteiger partial charge in [-0.3, -0.25) is 4.79 Å². The van der Waals surface area contributed by atoms with E-state index in [1.54, 1.807) is 0 Å². The molecule has 1 fully saturated rings. The van der Waals surface area contributed by atoms with Crippen molar-refractivity contribution >= 4 is 29.9 Å². The molecular formula is C16H22Cl2F2N2O. The van der Waals surface area contributed by atoms with E-state index < -0.39 is 11.8 Å². The Morgan fingerprint density at radius 2 is 2.04 bits per heavy atom. The van der Waals surface area contributed by atoms with Crippen molar-refractivity contribution in [1.29, 1.82) is 0 Å². The van der Waals surface area contributed by atoms with Gasteiger partial charge in [0.2, 0.25) is 0 Å². The van der Waals surface area contributed by atoms with Gasteiger partial charge in [0.1, 0.15) is 0 Å². The molecule has 7 heteroatoms. The van der Waals surface area contributed by atoms with Crippen molar-refractivity contribution in [2.24, 2.45) is 5.92 Å². The molecule has 3 nitrogen and oxygen atoms in total. The van der Waals surface area contributed by atoms with Crippen LogP contribution in [0.3, 0.4) is 0 Å². The molecule has 1 aromatic carbocycles. The van der Waals surface area contributed by atoms with Gasteiger partial charge in [-0.15, -0.1) is 12.4 Å². The Bertz CT molecular complexity index is 521. The van der Waals surface area contributed by atoms with Crippen LogP contribution in [0.1, 0.15) is 24.8 Å². The molecule has 1 saturated heterocycles. The zero-order valence-electron chi connectivity index (χ0n) is 13.0. The van der Waals surface area contributed by atoms with E-state index in [-0.39, 0.29) is 23.0 Å². The minimum atomic E-state index is -3.53. The standard InChI is InChI=1S/C16H21ClF2N2O.ClH/c1-20-8-5-12-6-9-21(10-7-12)15(22)16(18,19)13-3-2-4-14(17)11-13;/h2-4,11-12,20H,5-10H2,1H3;1H. The largest absolute Gasteiger partial charge is 0.350 e. The molecule has 0 aromatic heterocycles. The Balaban J connectivity index is 0.00000264. The van der Waals surface area contributed by atoms with Crippen molar-refractivity contribution in [2.75, 3.05) is 26.7 Å². The minimum absolute atomic E-state index is 0. The van der Waals surface area contributed by atoms with E-state index in [9.17, 15) is 13.6 Å². The smallest absolute Gasteiger partial charge is 0.337 e. The summed E-state index contributed by atoms with van der Waals surface area (Å²) in [5.41, 5.74) is -0.345. The first kappa shape index (κ1) is 20.1. The van der Waals surface area contributed by atoms with Crippen molar-refractivity contribution in [3.8, 4) is 0 Å². The van der Waals surface area contributed by atoms with Gasteiger partial charge in [0.15, 0.2) is 0 Å². The molecule has 0 atom stereocenters. The van der Waals surface area contributed by atoms with Gasteiger partial charge < -0.3 is 10.2 Å². The average Bonchev–Trinajstić information content (AvgIpc) is 2.52. The summed E-state index contributed by atoms with van der Waals surface area (Å²) < 4.78 is 28.7. The van der Waals surface area contributed by atoms with Gasteiger partial charge >= 0.3 is 5.92 Å². The normalized spacial score (nSPS) is 16.1. The molecule has 0 spiro atoms. The monoisotopic (exact) mass is 366 g/mol. The van der Waals surface area contributed by atoms with Gasteiger partial charge in [0, 0.05) is 23.7 Å². The lowest BCUT2D eigenvalue weighted by Gasteiger charge is -2.34. The molecule has 130 valence electrons. The van der Waals surface area contributed by atoms with E-state index in [1.807, 2.05) is 7.05 Å². The van der Waals surface area contributed by atoms with Crippen LogP contribution in [0.25, 0.3) is 0 Å². The fourth-order valence-electron chi connectivity index (χ4n) is 2.78. The summed E-state index contributed by atoms with van der Waals surface area (Å²) in [7, 11) is 1.89. The third kappa shape index (κ3) is 5.03. The highest BCUT2D eigenvalue weighted by Gasteiger charge is 2.44. The van der Waals surface area contributed by atoms with Gasteiger partial charge in [0.25, 0.3) is 5.91 Å². The van der Waals surface area contributed by atoms with Crippen LogP contribution in [0, 0.1) is 5.92 Å². The first-order chi connectivity index (χ1) is 10.4. The number of rotatable bonds is 5. The van der Waals surface area contributed by atoms with Gasteiger partial charge in [-0.2, -0.15) is 8.78 Å². The van der Waals surface area contributed by atoms with Crippen LogP contribution in [0.5, 0.6) is 0 Å². The van der Waals surface area contributed by atoms with E-state index in [0.717, 1.165) is 31.9 Å². The number of hydrogen-bond donors (Lipinski definition) is 1. The Labute approximate surface area is 146 Å². The second kappa shape index (κ2) is 8.81. The van der Waals surface area contributed by atoms with Crippen molar-refractivity contribution < 1.29 is 13.6 Å². The average molecular weight is 367 g/mol. The van der Waals surface area contributed by atoms with E-state index in [2.05, 4.69) is 5.32 Å². The lowest BCUT2D eigenvalue weighted by molar-refractivity contribution is -0.160. The second-order valence-electron chi connectivity index (χ2n) is 5.71. The molecule has 0 radical (unpaired) electrons. The summed E-state index contributed by atoms with van der Waals surface area (Å²) in [6.07, 6.45) is 2.57. The van der Waals surface area contributed by atoms with Crippen LogP contribution < -0.4 is 5.32 Å². The molecule has 2 rings (SSSR count). The maximum atomic E-state index is 14.4. The molecule has 23 heavy (non-hydrogen) atoms. The number of nitrogens with zero attached hydrogens (tertiary/aromatic N) is 1. The van der Waals surface area contributed by atoms with Gasteiger partial charge in [-0.25, -0.2) is 0 Å². The fourth-order valence-corrected chi connectivity index (χ4v) is 2.97. The predicted molar refractivity (Wildman–Crippen MR) is 90.4 cm³/mol. The fraction of sp³-hybridized carbons (Fsp3) is 0.562. The molecule has 1 aliphatic rings. The first-order valence-electron chi connectivity index (χ1n) is 7.53. The molecule has 1 amide bonds. The molecule has 1 heterocycles. The summed E-state index contributed by atoms with van der Waals surface area (Å²) in [5, 5.41) is 3.29. The number of alkyl halides is 2. The minimum Gasteiger partial charge on any atom is -0.337 e. The zero-order valence-corrected chi connectivity index (χ0v) is 14.6. The van der Waals surface area contributed by atoms with Crippen molar-refractivity contribution in [2.45, 2.75) is 25.2 Å².